The maximum Gasteiger partial charge on any atom is 0.227 e. The fourth-order valence-corrected chi connectivity index (χ4v) is 3.83. The van der Waals surface area contributed by atoms with Crippen LogP contribution in [-0.4, -0.2) is 30.0 Å². The van der Waals surface area contributed by atoms with Crippen LogP contribution in [0.25, 0.3) is 0 Å². The second kappa shape index (κ2) is 9.38. The lowest BCUT2D eigenvalue weighted by molar-refractivity contribution is -0.121. The van der Waals surface area contributed by atoms with E-state index in [-0.39, 0.29) is 17.9 Å². The number of nitrogens with zero attached hydrogens (tertiary/aromatic N) is 1. The van der Waals surface area contributed by atoms with Crippen molar-refractivity contribution < 1.29 is 9.53 Å². The average Bonchev–Trinajstić information content (AvgIpc) is 2.63. The van der Waals surface area contributed by atoms with Crippen molar-refractivity contribution >= 4 is 27.5 Å². The molecule has 2 aromatic rings. The minimum Gasteiger partial charge on any atom is -0.491 e. The molecule has 0 unspecified atom stereocenters. The lowest BCUT2D eigenvalue weighted by Gasteiger charge is -2.31. The lowest BCUT2D eigenvalue weighted by Crippen LogP contribution is -2.37. The Bertz CT molecular complexity index is 753. The molecular weight excluding hydrogens is 404 g/mol. The Morgan fingerprint density at radius 3 is 2.52 bits per heavy atom. The molecule has 5 heteroatoms. The third kappa shape index (κ3) is 6.08. The Morgan fingerprint density at radius 2 is 1.89 bits per heavy atom. The number of anilines is 1. The molecule has 1 aliphatic heterocycles. The molecule has 0 saturated carbocycles. The van der Waals surface area contributed by atoms with Gasteiger partial charge in [-0.1, -0.05) is 28.1 Å². The molecule has 1 aliphatic rings. The highest BCUT2D eigenvalue weighted by atomic mass is 79.9. The zero-order valence-electron chi connectivity index (χ0n) is 16.0. The van der Waals surface area contributed by atoms with E-state index in [1.165, 1.54) is 5.56 Å². The van der Waals surface area contributed by atoms with Gasteiger partial charge in [0, 0.05) is 22.6 Å². The van der Waals surface area contributed by atoms with E-state index in [0.717, 1.165) is 48.4 Å². The van der Waals surface area contributed by atoms with Crippen LogP contribution in [0.2, 0.25) is 0 Å². The maximum atomic E-state index is 12.6. The van der Waals surface area contributed by atoms with Gasteiger partial charge in [0.05, 0.1) is 6.10 Å². The highest BCUT2D eigenvalue weighted by molar-refractivity contribution is 9.10. The van der Waals surface area contributed by atoms with Crippen molar-refractivity contribution in [3.05, 3.63) is 58.6 Å². The molecule has 1 amide bonds. The van der Waals surface area contributed by atoms with Crippen LogP contribution >= 0.6 is 15.9 Å². The Labute approximate surface area is 170 Å². The summed E-state index contributed by atoms with van der Waals surface area (Å²) in [6.45, 7) is 6.83. The molecule has 4 nitrogen and oxygen atoms in total. The van der Waals surface area contributed by atoms with Gasteiger partial charge in [0.25, 0.3) is 0 Å². The van der Waals surface area contributed by atoms with Crippen LogP contribution in [0.4, 0.5) is 5.69 Å². The van der Waals surface area contributed by atoms with Crippen molar-refractivity contribution in [2.45, 2.75) is 39.3 Å². The molecule has 1 heterocycles. The number of likely N-dealkylation sites (tertiary alicyclic amines) is 1. The van der Waals surface area contributed by atoms with Crippen molar-refractivity contribution in [3.63, 3.8) is 0 Å². The highest BCUT2D eigenvalue weighted by Crippen LogP contribution is 2.23. The number of amides is 1. The van der Waals surface area contributed by atoms with Gasteiger partial charge in [0.2, 0.25) is 5.91 Å². The predicted molar refractivity (Wildman–Crippen MR) is 113 cm³/mol. The van der Waals surface area contributed by atoms with E-state index < -0.39 is 0 Å². The molecule has 3 rings (SSSR count). The zero-order valence-corrected chi connectivity index (χ0v) is 17.5. The molecule has 27 heavy (non-hydrogen) atoms. The van der Waals surface area contributed by atoms with E-state index in [0.29, 0.717) is 0 Å². The van der Waals surface area contributed by atoms with Crippen LogP contribution in [0.5, 0.6) is 5.75 Å². The second-order valence-corrected chi connectivity index (χ2v) is 8.28. The molecule has 2 aromatic carbocycles. The van der Waals surface area contributed by atoms with Gasteiger partial charge in [-0.05, 0) is 81.7 Å². The van der Waals surface area contributed by atoms with Gasteiger partial charge in [0.1, 0.15) is 5.75 Å². The third-order valence-electron chi connectivity index (χ3n) is 4.75. The summed E-state index contributed by atoms with van der Waals surface area (Å²) in [5, 5.41) is 3.04. The van der Waals surface area contributed by atoms with Gasteiger partial charge in [-0.15, -0.1) is 0 Å². The number of carbonyl (C=O) groups excluding carboxylic acids is 1. The summed E-state index contributed by atoms with van der Waals surface area (Å²) >= 11 is 3.52. The molecule has 1 saturated heterocycles. The number of piperidine rings is 1. The van der Waals surface area contributed by atoms with Crippen molar-refractivity contribution in [1.29, 1.82) is 0 Å². The highest BCUT2D eigenvalue weighted by Gasteiger charge is 2.25. The first-order valence-electron chi connectivity index (χ1n) is 9.54. The van der Waals surface area contributed by atoms with E-state index in [9.17, 15) is 4.79 Å². The predicted octanol–water partition coefficient (Wildman–Crippen LogP) is 5.09. The monoisotopic (exact) mass is 430 g/mol. The molecule has 1 fully saturated rings. The Morgan fingerprint density at radius 1 is 1.19 bits per heavy atom. The Kier molecular flexibility index (Phi) is 6.91. The van der Waals surface area contributed by atoms with E-state index in [1.807, 2.05) is 44.2 Å². The molecule has 1 N–H and O–H groups in total. The summed E-state index contributed by atoms with van der Waals surface area (Å²) in [6.07, 6.45) is 1.94. The van der Waals surface area contributed by atoms with Crippen LogP contribution in [0.3, 0.4) is 0 Å². The van der Waals surface area contributed by atoms with Gasteiger partial charge in [-0.25, -0.2) is 0 Å². The zero-order chi connectivity index (χ0) is 19.2. The number of halogens is 1. The number of rotatable bonds is 6. The van der Waals surface area contributed by atoms with E-state index in [2.05, 4.69) is 44.3 Å². The molecule has 0 radical (unpaired) electrons. The summed E-state index contributed by atoms with van der Waals surface area (Å²) in [4.78, 5) is 15.0. The molecular formula is C22H27BrN2O2. The summed E-state index contributed by atoms with van der Waals surface area (Å²) in [7, 11) is 0. The van der Waals surface area contributed by atoms with Gasteiger partial charge in [-0.3, -0.25) is 9.69 Å². The number of carbonyl (C=O) groups is 1. The van der Waals surface area contributed by atoms with Crippen LogP contribution in [0.15, 0.2) is 53.0 Å². The molecule has 0 aromatic heterocycles. The average molecular weight is 431 g/mol. The summed E-state index contributed by atoms with van der Waals surface area (Å²) in [5.74, 6) is 1.02. The summed E-state index contributed by atoms with van der Waals surface area (Å²) in [5.41, 5.74) is 2.13. The number of ether oxygens (including phenoxy) is 1. The minimum atomic E-state index is 0.0790. The first-order valence-corrected chi connectivity index (χ1v) is 10.3. The van der Waals surface area contributed by atoms with Crippen molar-refractivity contribution in [2.75, 3.05) is 18.4 Å². The van der Waals surface area contributed by atoms with Crippen molar-refractivity contribution in [3.8, 4) is 5.75 Å². The van der Waals surface area contributed by atoms with E-state index in [4.69, 9.17) is 4.74 Å². The normalized spacial score (nSPS) is 15.7. The van der Waals surface area contributed by atoms with Gasteiger partial charge in [0.15, 0.2) is 0 Å². The largest absolute Gasteiger partial charge is 0.491 e. The van der Waals surface area contributed by atoms with E-state index >= 15 is 0 Å². The van der Waals surface area contributed by atoms with Crippen LogP contribution in [-0.2, 0) is 11.3 Å². The quantitative estimate of drug-likeness (QED) is 0.693. The number of benzene rings is 2. The molecule has 0 aliphatic carbocycles. The Balaban J connectivity index is 1.47. The van der Waals surface area contributed by atoms with Crippen LogP contribution in [0.1, 0.15) is 32.3 Å². The molecule has 144 valence electrons. The van der Waals surface area contributed by atoms with Crippen molar-refractivity contribution in [1.82, 2.24) is 4.90 Å². The SMILES string of the molecule is CC(C)Oc1ccc(NC(=O)C2CCN(Cc3cccc(Br)c3)CC2)cc1. The van der Waals surface area contributed by atoms with Gasteiger partial charge in [-0.2, -0.15) is 0 Å². The third-order valence-corrected chi connectivity index (χ3v) is 5.24. The smallest absolute Gasteiger partial charge is 0.227 e. The molecule has 0 spiro atoms. The van der Waals surface area contributed by atoms with Crippen molar-refractivity contribution in [2.24, 2.45) is 5.92 Å². The standard InChI is InChI=1S/C22H27BrN2O2/c1-16(2)27-21-8-6-20(7-9-21)24-22(26)18-10-12-25(13-11-18)15-17-4-3-5-19(23)14-17/h3-9,14,16,18H,10-13,15H2,1-2H3,(H,24,26). The first kappa shape index (κ1) is 19.9. The maximum absolute atomic E-state index is 12.6. The summed E-state index contributed by atoms with van der Waals surface area (Å²) in [6, 6.07) is 16.0. The topological polar surface area (TPSA) is 41.6 Å². The lowest BCUT2D eigenvalue weighted by atomic mass is 9.95. The van der Waals surface area contributed by atoms with E-state index in [1.54, 1.807) is 0 Å². The number of hydrogen-bond donors (Lipinski definition) is 1. The van der Waals surface area contributed by atoms with Gasteiger partial charge >= 0.3 is 0 Å². The molecule has 0 atom stereocenters. The molecule has 0 bridgehead atoms. The fourth-order valence-electron chi connectivity index (χ4n) is 3.38. The second-order valence-electron chi connectivity index (χ2n) is 7.36. The van der Waals surface area contributed by atoms with Gasteiger partial charge < -0.3 is 10.1 Å². The fraction of sp³-hybridized carbons (Fsp3) is 0.409. The number of nitrogens with one attached hydrogen (secondary N) is 1. The number of hydrogen-bond acceptors (Lipinski definition) is 3. The first-order chi connectivity index (χ1) is 13.0. The summed E-state index contributed by atoms with van der Waals surface area (Å²) < 4.78 is 6.75. The minimum absolute atomic E-state index is 0.0790. The van der Waals surface area contributed by atoms with Crippen LogP contribution < -0.4 is 10.1 Å². The Hall–Kier alpha value is -1.85. The van der Waals surface area contributed by atoms with Crippen LogP contribution in [0, 0.1) is 5.92 Å².